The molecule has 0 radical (unpaired) electrons. The van der Waals surface area contributed by atoms with Gasteiger partial charge in [0.2, 0.25) is 0 Å². The van der Waals surface area contributed by atoms with Gasteiger partial charge in [-0.1, -0.05) is 38.1 Å². The first-order valence-electron chi connectivity index (χ1n) is 12.6. The number of amides is 2. The fourth-order valence-corrected chi connectivity index (χ4v) is 5.25. The second kappa shape index (κ2) is 12.7. The summed E-state index contributed by atoms with van der Waals surface area (Å²) in [6.07, 6.45) is -0.933. The molecule has 2 aromatic rings. The van der Waals surface area contributed by atoms with E-state index in [4.69, 9.17) is 0 Å². The highest BCUT2D eigenvalue weighted by atomic mass is 32.2. The van der Waals surface area contributed by atoms with E-state index in [1.54, 1.807) is 29.2 Å². The zero-order chi connectivity index (χ0) is 27.9. The van der Waals surface area contributed by atoms with Crippen LogP contribution in [-0.4, -0.2) is 49.4 Å². The summed E-state index contributed by atoms with van der Waals surface area (Å²) in [5.41, 5.74) is 0.206. The zero-order valence-electron chi connectivity index (χ0n) is 21.7. The fourth-order valence-electron chi connectivity index (χ4n) is 4.71. The van der Waals surface area contributed by atoms with Crippen molar-refractivity contribution in [2.24, 2.45) is 0 Å². The molecule has 0 spiro atoms. The van der Waals surface area contributed by atoms with Crippen LogP contribution in [0.25, 0.3) is 0 Å². The molecule has 2 amide bonds. The van der Waals surface area contributed by atoms with E-state index in [-0.39, 0.29) is 18.3 Å². The van der Waals surface area contributed by atoms with Gasteiger partial charge in [-0.15, -0.1) is 0 Å². The average Bonchev–Trinajstić information content (AvgIpc) is 2.87. The monoisotopic (exact) mass is 552 g/mol. The Morgan fingerprint density at radius 3 is 2.45 bits per heavy atom. The molecule has 0 aromatic heterocycles. The number of carbonyl (C=O) groups is 1. The molecule has 1 unspecified atom stereocenters. The van der Waals surface area contributed by atoms with Crippen LogP contribution >= 0.6 is 0 Å². The standard InChI is InChI=1S/C27H35F3N4O3S/c1-4-8-20(3)33-15-13-25(14-16-33)34(19-21-9-6-12-24(17-21)32-38(36,37)5-2)26(35)31-23-11-7-10-22(18-23)27(28,29)30/h5-7,9-12,17-18,20,25,32H,2,4,8,13-16,19H2,1,3H3,(H,31,35). The van der Waals surface area contributed by atoms with Crippen molar-refractivity contribution in [3.8, 4) is 0 Å². The number of piperidine rings is 1. The predicted molar refractivity (Wildman–Crippen MR) is 144 cm³/mol. The number of nitrogens with one attached hydrogen (secondary N) is 2. The van der Waals surface area contributed by atoms with Gasteiger partial charge in [-0.3, -0.25) is 4.72 Å². The molecule has 3 rings (SSSR count). The van der Waals surface area contributed by atoms with Crippen LogP contribution in [0.1, 0.15) is 50.7 Å². The molecule has 2 aromatic carbocycles. The maximum absolute atomic E-state index is 13.5. The maximum Gasteiger partial charge on any atom is 0.416 e. The van der Waals surface area contributed by atoms with Gasteiger partial charge in [-0.05, 0) is 62.1 Å². The first-order chi connectivity index (χ1) is 17.9. The third kappa shape index (κ3) is 8.22. The molecule has 2 N–H and O–H groups in total. The molecular weight excluding hydrogens is 517 g/mol. The Morgan fingerprint density at radius 1 is 1.16 bits per heavy atom. The molecule has 1 saturated heterocycles. The Morgan fingerprint density at radius 2 is 1.82 bits per heavy atom. The normalized spacial score (nSPS) is 16.0. The Kier molecular flexibility index (Phi) is 9.83. The zero-order valence-corrected chi connectivity index (χ0v) is 22.5. The van der Waals surface area contributed by atoms with Crippen LogP contribution in [0.15, 0.2) is 60.5 Å². The average molecular weight is 553 g/mol. The summed E-state index contributed by atoms with van der Waals surface area (Å²) in [5.74, 6) is 0. The molecule has 1 fully saturated rings. The van der Waals surface area contributed by atoms with Gasteiger partial charge in [-0.2, -0.15) is 13.2 Å². The maximum atomic E-state index is 13.5. The number of rotatable bonds is 10. The molecule has 11 heteroatoms. The van der Waals surface area contributed by atoms with E-state index in [0.717, 1.165) is 43.5 Å². The SMILES string of the molecule is C=CS(=O)(=O)Nc1cccc(CN(C(=O)Nc2cccc(C(F)(F)F)c2)C2CCN(C(C)CCC)CC2)c1. The van der Waals surface area contributed by atoms with Gasteiger partial charge in [0.15, 0.2) is 0 Å². The van der Waals surface area contributed by atoms with Gasteiger partial charge in [0.1, 0.15) is 0 Å². The fraction of sp³-hybridized carbons (Fsp3) is 0.444. The van der Waals surface area contributed by atoms with Crippen molar-refractivity contribution in [3.63, 3.8) is 0 Å². The smallest absolute Gasteiger partial charge is 0.317 e. The summed E-state index contributed by atoms with van der Waals surface area (Å²) < 4.78 is 65.8. The van der Waals surface area contributed by atoms with E-state index in [0.29, 0.717) is 30.1 Å². The first-order valence-corrected chi connectivity index (χ1v) is 14.2. The van der Waals surface area contributed by atoms with Gasteiger partial charge in [0.05, 0.1) is 5.56 Å². The van der Waals surface area contributed by atoms with Crippen LogP contribution in [0.4, 0.5) is 29.3 Å². The summed E-state index contributed by atoms with van der Waals surface area (Å²) in [6, 6.07) is 11.0. The number of alkyl halides is 3. The lowest BCUT2D eigenvalue weighted by atomic mass is 10.00. The van der Waals surface area contributed by atoms with E-state index in [1.807, 2.05) is 0 Å². The molecule has 0 bridgehead atoms. The topological polar surface area (TPSA) is 81.8 Å². The molecule has 0 saturated carbocycles. The first kappa shape index (κ1) is 29.5. The Balaban J connectivity index is 1.83. The molecule has 1 aliphatic heterocycles. The summed E-state index contributed by atoms with van der Waals surface area (Å²) in [5, 5.41) is 3.44. The number of sulfonamides is 1. The molecule has 1 atom stereocenters. The number of likely N-dealkylation sites (tertiary alicyclic amines) is 1. The molecule has 0 aliphatic carbocycles. The summed E-state index contributed by atoms with van der Waals surface area (Å²) in [6.45, 7) is 9.39. The molecule has 208 valence electrons. The third-order valence-electron chi connectivity index (χ3n) is 6.73. The van der Waals surface area contributed by atoms with E-state index in [2.05, 4.69) is 35.4 Å². The number of halogens is 3. The highest BCUT2D eigenvalue weighted by molar-refractivity contribution is 7.95. The summed E-state index contributed by atoms with van der Waals surface area (Å²) in [7, 11) is -3.71. The number of nitrogens with zero attached hydrogens (tertiary/aromatic N) is 2. The van der Waals surface area contributed by atoms with Crippen LogP contribution in [0.3, 0.4) is 0 Å². The van der Waals surface area contributed by atoms with Crippen molar-refractivity contribution in [1.29, 1.82) is 0 Å². The number of anilines is 2. The van der Waals surface area contributed by atoms with Gasteiger partial charge in [-0.25, -0.2) is 13.2 Å². The molecule has 7 nitrogen and oxygen atoms in total. The summed E-state index contributed by atoms with van der Waals surface area (Å²) in [4.78, 5) is 17.5. The second-order valence-electron chi connectivity index (χ2n) is 9.56. The van der Waals surface area contributed by atoms with Crippen LogP contribution < -0.4 is 10.0 Å². The summed E-state index contributed by atoms with van der Waals surface area (Å²) >= 11 is 0. The molecule has 1 aliphatic rings. The number of hydrogen-bond donors (Lipinski definition) is 2. The lowest BCUT2D eigenvalue weighted by molar-refractivity contribution is -0.137. The van der Waals surface area contributed by atoms with Crippen LogP contribution in [0, 0.1) is 0 Å². The van der Waals surface area contributed by atoms with Crippen LogP contribution in [0.5, 0.6) is 0 Å². The number of urea groups is 1. The molecule has 1 heterocycles. The molecule has 38 heavy (non-hydrogen) atoms. The van der Waals surface area contributed by atoms with E-state index in [1.165, 1.54) is 12.1 Å². The largest absolute Gasteiger partial charge is 0.416 e. The Labute approximate surface area is 222 Å². The lowest BCUT2D eigenvalue weighted by Gasteiger charge is -2.40. The van der Waals surface area contributed by atoms with Crippen molar-refractivity contribution < 1.29 is 26.4 Å². The third-order valence-corrected chi connectivity index (χ3v) is 7.69. The van der Waals surface area contributed by atoms with Gasteiger partial charge >= 0.3 is 12.2 Å². The van der Waals surface area contributed by atoms with Crippen molar-refractivity contribution in [2.75, 3.05) is 23.1 Å². The number of benzene rings is 2. The van der Waals surface area contributed by atoms with Crippen molar-refractivity contribution in [3.05, 3.63) is 71.6 Å². The van der Waals surface area contributed by atoms with Crippen molar-refractivity contribution in [1.82, 2.24) is 9.80 Å². The minimum Gasteiger partial charge on any atom is -0.317 e. The van der Waals surface area contributed by atoms with Gasteiger partial charge in [0, 0.05) is 48.5 Å². The van der Waals surface area contributed by atoms with Crippen molar-refractivity contribution in [2.45, 2.75) is 64.3 Å². The van der Waals surface area contributed by atoms with E-state index < -0.39 is 27.8 Å². The van der Waals surface area contributed by atoms with Crippen LogP contribution in [0.2, 0.25) is 0 Å². The minimum absolute atomic E-state index is 0.0522. The van der Waals surface area contributed by atoms with Crippen molar-refractivity contribution >= 4 is 27.4 Å². The molecular formula is C27H35F3N4O3S. The van der Waals surface area contributed by atoms with Gasteiger partial charge in [0.25, 0.3) is 10.0 Å². The Hall–Kier alpha value is -3.05. The predicted octanol–water partition coefficient (Wildman–Crippen LogP) is 6.28. The second-order valence-corrected chi connectivity index (χ2v) is 11.2. The highest BCUT2D eigenvalue weighted by Gasteiger charge is 2.32. The lowest BCUT2D eigenvalue weighted by Crippen LogP contribution is -2.50. The quantitative estimate of drug-likeness (QED) is 0.364. The minimum atomic E-state index is -4.53. The number of hydrogen-bond acceptors (Lipinski definition) is 4. The van der Waals surface area contributed by atoms with E-state index in [9.17, 15) is 26.4 Å². The number of carbonyl (C=O) groups excluding carboxylic acids is 1. The van der Waals surface area contributed by atoms with Gasteiger partial charge < -0.3 is 15.1 Å². The van der Waals surface area contributed by atoms with Crippen LogP contribution in [-0.2, 0) is 22.7 Å². The Bertz CT molecular complexity index is 1210. The van der Waals surface area contributed by atoms with E-state index >= 15 is 0 Å². The highest BCUT2D eigenvalue weighted by Crippen LogP contribution is 2.31.